The van der Waals surface area contributed by atoms with Crippen LogP contribution in [-0.4, -0.2) is 11.0 Å². The van der Waals surface area contributed by atoms with E-state index in [1.807, 2.05) is 6.07 Å². The lowest BCUT2D eigenvalue weighted by molar-refractivity contribution is -0.0602. The highest BCUT2D eigenvalue weighted by molar-refractivity contribution is 5.44. The molecule has 1 unspecified atom stereocenters. The van der Waals surface area contributed by atoms with Crippen LogP contribution >= 0.6 is 0 Å². The number of nitrogens with one attached hydrogen (secondary N) is 1. The van der Waals surface area contributed by atoms with Crippen LogP contribution in [0.15, 0.2) is 18.3 Å². The largest absolute Gasteiger partial charge is 0.381 e. The van der Waals surface area contributed by atoms with Crippen LogP contribution in [0.25, 0.3) is 0 Å². The Morgan fingerprint density at radius 1 is 1.19 bits per heavy atom. The highest BCUT2D eigenvalue weighted by atomic mass is 15.0. The summed E-state index contributed by atoms with van der Waals surface area (Å²) in [4.78, 5) is 4.17. The monoisotopic (exact) mass is 281 g/mol. The van der Waals surface area contributed by atoms with Crippen LogP contribution in [0.3, 0.4) is 0 Å². The summed E-state index contributed by atoms with van der Waals surface area (Å²) in [6.07, 6.45) is 10.5. The van der Waals surface area contributed by atoms with Gasteiger partial charge in [-0.2, -0.15) is 5.26 Å². The van der Waals surface area contributed by atoms with Gasteiger partial charge in [0.1, 0.15) is 11.8 Å². The number of rotatable bonds is 3. The molecule has 0 saturated heterocycles. The van der Waals surface area contributed by atoms with Gasteiger partial charge in [-0.25, -0.2) is 4.98 Å². The quantitative estimate of drug-likeness (QED) is 0.912. The molecule has 4 aliphatic rings. The fourth-order valence-electron chi connectivity index (χ4n) is 5.66. The number of aromatic nitrogens is 1. The average Bonchev–Trinajstić information content (AvgIpc) is 2.46. The van der Waals surface area contributed by atoms with E-state index in [0.717, 1.165) is 23.4 Å². The minimum Gasteiger partial charge on any atom is -0.381 e. The van der Waals surface area contributed by atoms with E-state index in [2.05, 4.69) is 23.3 Å². The molecular weight excluding hydrogens is 258 g/mol. The van der Waals surface area contributed by atoms with Crippen LogP contribution < -0.4 is 5.32 Å². The van der Waals surface area contributed by atoms with Gasteiger partial charge in [-0.3, -0.25) is 0 Å². The van der Waals surface area contributed by atoms with Crippen LogP contribution in [0.5, 0.6) is 0 Å². The number of nitrogens with zero attached hydrogens (tertiary/aromatic N) is 2. The van der Waals surface area contributed by atoms with Crippen molar-refractivity contribution in [1.29, 1.82) is 5.26 Å². The van der Waals surface area contributed by atoms with Gasteiger partial charge >= 0.3 is 0 Å². The van der Waals surface area contributed by atoms with Gasteiger partial charge in [0.15, 0.2) is 0 Å². The summed E-state index contributed by atoms with van der Waals surface area (Å²) in [7, 11) is 0. The first-order valence-electron chi connectivity index (χ1n) is 8.29. The highest BCUT2D eigenvalue weighted by Crippen LogP contribution is 2.61. The van der Waals surface area contributed by atoms with Gasteiger partial charge in [-0.15, -0.1) is 0 Å². The second-order valence-corrected chi connectivity index (χ2v) is 7.69. The number of pyridine rings is 1. The molecule has 0 amide bonds. The van der Waals surface area contributed by atoms with Crippen molar-refractivity contribution < 1.29 is 0 Å². The van der Waals surface area contributed by atoms with Crippen LogP contribution in [0.1, 0.15) is 51.1 Å². The van der Waals surface area contributed by atoms with E-state index in [-0.39, 0.29) is 0 Å². The Morgan fingerprint density at radius 2 is 1.81 bits per heavy atom. The Bertz CT molecular complexity index is 534. The molecule has 1 aromatic heterocycles. The first-order valence-corrected chi connectivity index (χ1v) is 8.29. The molecule has 5 rings (SSSR count). The molecule has 4 fully saturated rings. The maximum Gasteiger partial charge on any atom is 0.140 e. The van der Waals surface area contributed by atoms with Gasteiger partial charge in [0.05, 0.1) is 11.9 Å². The fourth-order valence-corrected chi connectivity index (χ4v) is 5.66. The zero-order chi connectivity index (χ0) is 14.4. The molecule has 1 atom stereocenters. The fraction of sp³-hybridized carbons (Fsp3) is 0.667. The second-order valence-electron chi connectivity index (χ2n) is 7.69. The summed E-state index contributed by atoms with van der Waals surface area (Å²) in [5.74, 6) is 2.96. The normalized spacial score (nSPS) is 38.0. The van der Waals surface area contributed by atoms with Gasteiger partial charge < -0.3 is 5.32 Å². The Morgan fingerprint density at radius 3 is 2.29 bits per heavy atom. The maximum absolute atomic E-state index is 8.83. The van der Waals surface area contributed by atoms with Crippen LogP contribution in [0.4, 0.5) is 5.69 Å². The molecule has 0 aromatic carbocycles. The Kier molecular flexibility index (Phi) is 2.96. The molecule has 4 saturated carbocycles. The van der Waals surface area contributed by atoms with Crippen molar-refractivity contribution in [2.45, 2.75) is 51.5 Å². The molecule has 1 N–H and O–H groups in total. The van der Waals surface area contributed by atoms with Gasteiger partial charge in [-0.05, 0) is 80.8 Å². The van der Waals surface area contributed by atoms with E-state index in [9.17, 15) is 0 Å². The van der Waals surface area contributed by atoms with Gasteiger partial charge in [0, 0.05) is 6.04 Å². The molecule has 3 heteroatoms. The summed E-state index contributed by atoms with van der Waals surface area (Å²) in [5.41, 5.74) is 2.04. The van der Waals surface area contributed by atoms with Crippen molar-refractivity contribution in [2.24, 2.45) is 23.2 Å². The number of hydrogen-bond acceptors (Lipinski definition) is 3. The van der Waals surface area contributed by atoms with Gasteiger partial charge in [0.2, 0.25) is 0 Å². The molecule has 21 heavy (non-hydrogen) atoms. The third-order valence-corrected chi connectivity index (χ3v) is 6.27. The topological polar surface area (TPSA) is 48.7 Å². The number of nitriles is 1. The van der Waals surface area contributed by atoms with Crippen LogP contribution in [0, 0.1) is 34.5 Å². The number of hydrogen-bond donors (Lipinski definition) is 1. The molecule has 0 radical (unpaired) electrons. The summed E-state index contributed by atoms with van der Waals surface area (Å²) in [5, 5.41) is 12.5. The minimum absolute atomic E-state index is 0.489. The van der Waals surface area contributed by atoms with E-state index >= 15 is 0 Å². The molecule has 110 valence electrons. The lowest BCUT2D eigenvalue weighted by Gasteiger charge is -2.59. The molecular formula is C18H23N3. The molecule has 4 aliphatic carbocycles. The van der Waals surface area contributed by atoms with E-state index < -0.39 is 0 Å². The molecule has 1 heterocycles. The first kappa shape index (κ1) is 13.1. The first-order chi connectivity index (χ1) is 10.2. The lowest BCUT2D eigenvalue weighted by atomic mass is 9.48. The summed E-state index contributed by atoms with van der Waals surface area (Å²) in [6.45, 7) is 2.35. The standard InChI is InChI=1S/C18H23N3/c1-12(21-17-3-2-16(10-19)20-11-17)18-7-13-4-14(8-18)6-15(5-13)9-18/h2-3,11-15,21H,4-9H2,1H3. The molecule has 0 spiro atoms. The smallest absolute Gasteiger partial charge is 0.140 e. The summed E-state index contributed by atoms with van der Waals surface area (Å²) in [6, 6.07) is 6.37. The SMILES string of the molecule is CC(Nc1ccc(C#N)nc1)C12CC3CC(CC(C3)C1)C2. The van der Waals surface area contributed by atoms with E-state index in [1.54, 1.807) is 12.3 Å². The third-order valence-electron chi connectivity index (χ3n) is 6.27. The van der Waals surface area contributed by atoms with Crippen molar-refractivity contribution in [3.63, 3.8) is 0 Å². The molecule has 4 bridgehead atoms. The Hall–Kier alpha value is -1.56. The minimum atomic E-state index is 0.489. The zero-order valence-corrected chi connectivity index (χ0v) is 12.7. The summed E-state index contributed by atoms with van der Waals surface area (Å²) < 4.78 is 0. The van der Waals surface area contributed by atoms with E-state index in [4.69, 9.17) is 5.26 Å². The predicted molar refractivity (Wildman–Crippen MR) is 82.6 cm³/mol. The Balaban J connectivity index is 1.51. The summed E-state index contributed by atoms with van der Waals surface area (Å²) >= 11 is 0. The molecule has 0 aliphatic heterocycles. The van der Waals surface area contributed by atoms with Gasteiger partial charge in [-0.1, -0.05) is 0 Å². The van der Waals surface area contributed by atoms with E-state index in [0.29, 0.717) is 17.2 Å². The number of anilines is 1. The van der Waals surface area contributed by atoms with Crippen molar-refractivity contribution in [3.8, 4) is 6.07 Å². The van der Waals surface area contributed by atoms with Crippen molar-refractivity contribution in [3.05, 3.63) is 24.0 Å². The Labute approximate surface area is 126 Å². The molecule has 1 aromatic rings. The average molecular weight is 281 g/mol. The third kappa shape index (κ3) is 2.21. The van der Waals surface area contributed by atoms with Crippen LogP contribution in [0.2, 0.25) is 0 Å². The highest BCUT2D eigenvalue weighted by Gasteiger charge is 2.53. The maximum atomic E-state index is 8.83. The molecule has 3 nitrogen and oxygen atoms in total. The predicted octanol–water partition coefficient (Wildman–Crippen LogP) is 3.97. The van der Waals surface area contributed by atoms with Crippen molar-refractivity contribution in [2.75, 3.05) is 5.32 Å². The van der Waals surface area contributed by atoms with Crippen LogP contribution in [-0.2, 0) is 0 Å². The van der Waals surface area contributed by atoms with Crippen molar-refractivity contribution in [1.82, 2.24) is 4.98 Å². The van der Waals surface area contributed by atoms with Crippen molar-refractivity contribution >= 4 is 5.69 Å². The lowest BCUT2D eigenvalue weighted by Crippen LogP contribution is -2.52. The van der Waals surface area contributed by atoms with E-state index in [1.165, 1.54) is 38.5 Å². The second kappa shape index (κ2) is 4.73. The zero-order valence-electron chi connectivity index (χ0n) is 12.7. The van der Waals surface area contributed by atoms with Gasteiger partial charge in [0.25, 0.3) is 0 Å².